The topological polar surface area (TPSA) is 76.3 Å². The van der Waals surface area contributed by atoms with E-state index in [1.54, 1.807) is 48.9 Å². The lowest BCUT2D eigenvalue weighted by molar-refractivity contribution is 0.0953. The molecular formula is C19H15ClN4O2. The molecule has 3 aromatic rings. The molecule has 1 aromatic carbocycles. The zero-order valence-electron chi connectivity index (χ0n) is 13.7. The molecule has 0 aliphatic rings. The third-order valence-corrected chi connectivity index (χ3v) is 3.81. The van der Waals surface area contributed by atoms with Crippen LogP contribution in [0.2, 0.25) is 5.02 Å². The molecule has 0 unspecified atom stereocenters. The first-order valence-corrected chi connectivity index (χ1v) is 8.18. The first-order valence-electron chi connectivity index (χ1n) is 7.81. The van der Waals surface area contributed by atoms with E-state index in [1.165, 1.54) is 16.8 Å². The van der Waals surface area contributed by atoms with Crippen molar-refractivity contribution in [2.24, 2.45) is 5.10 Å². The van der Waals surface area contributed by atoms with Gasteiger partial charge >= 0.3 is 0 Å². The van der Waals surface area contributed by atoms with Crippen molar-refractivity contribution in [2.45, 2.75) is 6.54 Å². The second-order valence-electron chi connectivity index (χ2n) is 5.47. The van der Waals surface area contributed by atoms with E-state index in [-0.39, 0.29) is 5.56 Å². The Kier molecular flexibility index (Phi) is 5.56. The van der Waals surface area contributed by atoms with Crippen LogP contribution in [-0.2, 0) is 6.54 Å². The second kappa shape index (κ2) is 8.22. The van der Waals surface area contributed by atoms with Gasteiger partial charge in [0.1, 0.15) is 5.56 Å². The van der Waals surface area contributed by atoms with Gasteiger partial charge in [-0.2, -0.15) is 5.10 Å². The molecular weight excluding hydrogens is 352 g/mol. The van der Waals surface area contributed by atoms with E-state index in [4.69, 9.17) is 11.6 Å². The number of hydrogen-bond acceptors (Lipinski definition) is 4. The van der Waals surface area contributed by atoms with Crippen LogP contribution in [0.25, 0.3) is 0 Å². The third kappa shape index (κ3) is 4.43. The van der Waals surface area contributed by atoms with E-state index >= 15 is 0 Å². The minimum Gasteiger partial charge on any atom is -0.310 e. The number of nitrogens with zero attached hydrogens (tertiary/aromatic N) is 3. The molecule has 2 aromatic heterocycles. The Hall–Kier alpha value is -3.25. The Morgan fingerprint density at radius 2 is 2.12 bits per heavy atom. The van der Waals surface area contributed by atoms with Crippen LogP contribution in [-0.4, -0.2) is 21.7 Å². The molecule has 0 spiro atoms. The highest BCUT2D eigenvalue weighted by Gasteiger charge is 2.11. The normalized spacial score (nSPS) is 10.8. The monoisotopic (exact) mass is 366 g/mol. The smallest absolute Gasteiger partial charge is 0.276 e. The predicted molar refractivity (Wildman–Crippen MR) is 101 cm³/mol. The van der Waals surface area contributed by atoms with Crippen molar-refractivity contribution < 1.29 is 4.79 Å². The fourth-order valence-electron chi connectivity index (χ4n) is 2.34. The number of hydrazone groups is 1. The fraction of sp³-hybridized carbons (Fsp3) is 0.0526. The lowest BCUT2D eigenvalue weighted by atomic mass is 10.2. The third-order valence-electron chi connectivity index (χ3n) is 3.57. The van der Waals surface area contributed by atoms with Gasteiger partial charge in [-0.05, 0) is 35.9 Å². The number of nitrogens with one attached hydrogen (secondary N) is 1. The molecule has 26 heavy (non-hydrogen) atoms. The second-order valence-corrected chi connectivity index (χ2v) is 5.91. The average Bonchev–Trinajstić information content (AvgIpc) is 2.64. The molecule has 130 valence electrons. The minimum atomic E-state index is -0.574. The van der Waals surface area contributed by atoms with Crippen LogP contribution in [0, 0.1) is 0 Å². The fourth-order valence-corrected chi connectivity index (χ4v) is 2.56. The number of aromatic nitrogens is 2. The summed E-state index contributed by atoms with van der Waals surface area (Å²) in [5.74, 6) is -0.574. The van der Waals surface area contributed by atoms with Gasteiger partial charge in [0.25, 0.3) is 11.5 Å². The summed E-state index contributed by atoms with van der Waals surface area (Å²) < 4.78 is 1.45. The molecule has 7 heteroatoms. The summed E-state index contributed by atoms with van der Waals surface area (Å²) in [7, 11) is 0. The SMILES string of the molecule is O=C(N/N=C\c1cccnc1)c1cccn(Cc2cccc(Cl)c2)c1=O. The number of benzene rings is 1. The van der Waals surface area contributed by atoms with Crippen LogP contribution in [0.4, 0.5) is 0 Å². The molecule has 0 aliphatic carbocycles. The van der Waals surface area contributed by atoms with Gasteiger partial charge in [0.05, 0.1) is 12.8 Å². The number of halogens is 1. The van der Waals surface area contributed by atoms with E-state index in [1.807, 2.05) is 12.1 Å². The molecule has 0 atom stereocenters. The van der Waals surface area contributed by atoms with Gasteiger partial charge in [-0.1, -0.05) is 29.8 Å². The van der Waals surface area contributed by atoms with Crippen LogP contribution in [0.15, 0.2) is 77.0 Å². The van der Waals surface area contributed by atoms with Gasteiger partial charge in [-0.25, -0.2) is 5.43 Å². The lowest BCUT2D eigenvalue weighted by Crippen LogP contribution is -2.30. The van der Waals surface area contributed by atoms with Gasteiger partial charge in [0, 0.05) is 29.2 Å². The van der Waals surface area contributed by atoms with Crippen molar-refractivity contribution in [3.63, 3.8) is 0 Å². The number of carbonyl (C=O) groups excluding carboxylic acids is 1. The first-order chi connectivity index (χ1) is 12.6. The highest BCUT2D eigenvalue weighted by Crippen LogP contribution is 2.11. The van der Waals surface area contributed by atoms with Gasteiger partial charge in [-0.3, -0.25) is 14.6 Å². The van der Waals surface area contributed by atoms with Crippen molar-refractivity contribution in [2.75, 3.05) is 0 Å². The quantitative estimate of drug-likeness (QED) is 0.557. The largest absolute Gasteiger partial charge is 0.310 e. The average molecular weight is 367 g/mol. The highest BCUT2D eigenvalue weighted by molar-refractivity contribution is 6.30. The molecule has 0 saturated heterocycles. The van der Waals surface area contributed by atoms with E-state index in [2.05, 4.69) is 15.5 Å². The first kappa shape index (κ1) is 17.6. The summed E-state index contributed by atoms with van der Waals surface area (Å²) >= 11 is 5.97. The molecule has 0 radical (unpaired) electrons. The van der Waals surface area contributed by atoms with Crippen molar-refractivity contribution in [1.82, 2.24) is 15.0 Å². The molecule has 2 heterocycles. The van der Waals surface area contributed by atoms with E-state index in [0.29, 0.717) is 11.6 Å². The summed E-state index contributed by atoms with van der Waals surface area (Å²) in [5, 5.41) is 4.45. The van der Waals surface area contributed by atoms with Crippen LogP contribution in [0.5, 0.6) is 0 Å². The Labute approximate surface area is 154 Å². The zero-order valence-corrected chi connectivity index (χ0v) is 14.4. The van der Waals surface area contributed by atoms with Gasteiger partial charge in [0.15, 0.2) is 0 Å². The Bertz CT molecular complexity index is 1000. The maximum absolute atomic E-state index is 12.5. The van der Waals surface area contributed by atoms with Crippen LogP contribution in [0.3, 0.4) is 0 Å². The van der Waals surface area contributed by atoms with Crippen LogP contribution >= 0.6 is 11.6 Å². The van der Waals surface area contributed by atoms with Gasteiger partial charge in [-0.15, -0.1) is 0 Å². The van der Waals surface area contributed by atoms with Gasteiger partial charge < -0.3 is 4.57 Å². The summed E-state index contributed by atoms with van der Waals surface area (Å²) in [5.41, 5.74) is 3.57. The molecule has 0 bridgehead atoms. The summed E-state index contributed by atoms with van der Waals surface area (Å²) in [6.45, 7) is 0.319. The van der Waals surface area contributed by atoms with Crippen LogP contribution in [0.1, 0.15) is 21.5 Å². The molecule has 1 amide bonds. The molecule has 6 nitrogen and oxygen atoms in total. The summed E-state index contributed by atoms with van der Waals surface area (Å²) in [6, 6.07) is 13.9. The minimum absolute atomic E-state index is 0.0119. The molecule has 0 saturated carbocycles. The van der Waals surface area contributed by atoms with Crippen molar-refractivity contribution >= 4 is 23.7 Å². The Morgan fingerprint density at radius 3 is 2.88 bits per heavy atom. The predicted octanol–water partition coefficient (Wildman–Crippen LogP) is 2.71. The molecule has 0 fully saturated rings. The molecule has 0 aliphatic heterocycles. The maximum Gasteiger partial charge on any atom is 0.276 e. The van der Waals surface area contributed by atoms with Crippen LogP contribution < -0.4 is 11.0 Å². The number of pyridine rings is 2. The summed E-state index contributed by atoms with van der Waals surface area (Å²) in [6.07, 6.45) is 6.33. The number of hydrogen-bond donors (Lipinski definition) is 1. The van der Waals surface area contributed by atoms with E-state index in [9.17, 15) is 9.59 Å². The highest BCUT2D eigenvalue weighted by atomic mass is 35.5. The van der Waals surface area contributed by atoms with Crippen molar-refractivity contribution in [3.05, 3.63) is 99.2 Å². The van der Waals surface area contributed by atoms with Gasteiger partial charge in [0.2, 0.25) is 0 Å². The zero-order chi connectivity index (χ0) is 18.4. The summed E-state index contributed by atoms with van der Waals surface area (Å²) in [4.78, 5) is 28.7. The standard InChI is InChI=1S/C19H15ClN4O2/c20-16-6-1-4-14(10-16)13-24-9-3-7-17(19(24)26)18(25)23-22-12-15-5-2-8-21-11-15/h1-12H,13H2,(H,23,25)/b22-12-. The Morgan fingerprint density at radius 1 is 1.23 bits per heavy atom. The van der Waals surface area contributed by atoms with Crippen molar-refractivity contribution in [3.8, 4) is 0 Å². The number of rotatable bonds is 5. The number of amides is 1. The number of carbonyl (C=O) groups is 1. The van der Waals surface area contributed by atoms with E-state index in [0.717, 1.165) is 11.1 Å². The van der Waals surface area contributed by atoms with E-state index < -0.39 is 11.5 Å². The molecule has 1 N–H and O–H groups in total. The van der Waals surface area contributed by atoms with Crippen molar-refractivity contribution in [1.29, 1.82) is 0 Å². The molecule has 3 rings (SSSR count). The Balaban J connectivity index is 1.75. The lowest BCUT2D eigenvalue weighted by Gasteiger charge is -2.08. The maximum atomic E-state index is 12.5.